The van der Waals surface area contributed by atoms with Crippen molar-refractivity contribution < 1.29 is 12.8 Å². The van der Waals surface area contributed by atoms with Gasteiger partial charge in [0, 0.05) is 18.6 Å². The largest absolute Gasteiger partial charge is 0.326 e. The lowest BCUT2D eigenvalue weighted by Crippen LogP contribution is -2.51. The van der Waals surface area contributed by atoms with Gasteiger partial charge in [-0.1, -0.05) is 12.5 Å². The molecule has 1 aliphatic heterocycles. The highest BCUT2D eigenvalue weighted by molar-refractivity contribution is 7.89. The van der Waals surface area contributed by atoms with Crippen LogP contribution in [0.25, 0.3) is 0 Å². The molecule has 1 aromatic rings. The fraction of sp³-hybridized carbons (Fsp3) is 0.571. The summed E-state index contributed by atoms with van der Waals surface area (Å²) >= 11 is 0. The molecule has 2 atom stereocenters. The monoisotopic (exact) mass is 336 g/mol. The van der Waals surface area contributed by atoms with E-state index in [1.807, 2.05) is 0 Å². The highest BCUT2D eigenvalue weighted by Gasteiger charge is 2.36. The third-order valence-electron chi connectivity index (χ3n) is 3.78. The number of rotatable bonds is 3. The predicted molar refractivity (Wildman–Crippen MR) is 83.6 cm³/mol. The van der Waals surface area contributed by atoms with Crippen LogP contribution in [0, 0.1) is 12.7 Å². The lowest BCUT2D eigenvalue weighted by Gasteiger charge is -2.36. The summed E-state index contributed by atoms with van der Waals surface area (Å²) in [6.45, 7) is 3.95. The van der Waals surface area contributed by atoms with E-state index >= 15 is 0 Å². The molecule has 1 heterocycles. The van der Waals surface area contributed by atoms with Gasteiger partial charge in [-0.3, -0.25) is 0 Å². The smallest absolute Gasteiger partial charge is 0.246 e. The molecule has 1 saturated heterocycles. The summed E-state index contributed by atoms with van der Waals surface area (Å²) in [7, 11) is -3.83. The average molecular weight is 337 g/mol. The molecule has 0 aromatic heterocycles. The van der Waals surface area contributed by atoms with Crippen LogP contribution in [0.2, 0.25) is 0 Å². The maximum Gasteiger partial charge on any atom is 0.246 e. The Morgan fingerprint density at radius 1 is 1.38 bits per heavy atom. The second-order valence-electron chi connectivity index (χ2n) is 5.47. The predicted octanol–water partition coefficient (Wildman–Crippen LogP) is 2.45. The van der Waals surface area contributed by atoms with Crippen molar-refractivity contribution in [1.29, 1.82) is 0 Å². The topological polar surface area (TPSA) is 63.4 Å². The molecule has 7 heteroatoms. The van der Waals surface area contributed by atoms with Crippen molar-refractivity contribution in [3.63, 3.8) is 0 Å². The Morgan fingerprint density at radius 2 is 2.05 bits per heavy atom. The second kappa shape index (κ2) is 7.05. The molecular weight excluding hydrogens is 315 g/mol. The van der Waals surface area contributed by atoms with E-state index in [1.165, 1.54) is 16.4 Å². The Balaban J connectivity index is 0.00000220. The highest BCUT2D eigenvalue weighted by Crippen LogP contribution is 2.28. The van der Waals surface area contributed by atoms with Crippen LogP contribution in [0.4, 0.5) is 4.39 Å². The first-order valence-corrected chi connectivity index (χ1v) is 8.31. The first-order valence-electron chi connectivity index (χ1n) is 6.87. The molecule has 0 amide bonds. The zero-order valence-corrected chi connectivity index (χ0v) is 13.9. The normalized spacial score (nSPS) is 21.6. The van der Waals surface area contributed by atoms with E-state index in [2.05, 4.69) is 0 Å². The van der Waals surface area contributed by atoms with Gasteiger partial charge in [-0.25, -0.2) is 12.8 Å². The van der Waals surface area contributed by atoms with E-state index in [0.29, 0.717) is 6.54 Å². The number of nitrogens with zero attached hydrogens (tertiary/aromatic N) is 1. The van der Waals surface area contributed by atoms with E-state index in [4.69, 9.17) is 5.73 Å². The quantitative estimate of drug-likeness (QED) is 0.922. The molecule has 2 N–H and O–H groups in total. The zero-order valence-electron chi connectivity index (χ0n) is 12.3. The zero-order chi connectivity index (χ0) is 14.9. The molecule has 1 aliphatic rings. The summed E-state index contributed by atoms with van der Waals surface area (Å²) < 4.78 is 40.7. The van der Waals surface area contributed by atoms with Crippen LogP contribution in [0.3, 0.4) is 0 Å². The lowest BCUT2D eigenvalue weighted by atomic mass is 10.00. The number of nitrogens with two attached hydrogens (primary N) is 1. The van der Waals surface area contributed by atoms with Crippen molar-refractivity contribution in [2.24, 2.45) is 5.73 Å². The van der Waals surface area contributed by atoms with Gasteiger partial charge < -0.3 is 5.73 Å². The minimum absolute atomic E-state index is 0. The van der Waals surface area contributed by atoms with Gasteiger partial charge >= 0.3 is 0 Å². The van der Waals surface area contributed by atoms with Crippen LogP contribution in [-0.4, -0.2) is 31.4 Å². The number of halogens is 2. The van der Waals surface area contributed by atoms with E-state index in [0.717, 1.165) is 24.8 Å². The molecule has 21 heavy (non-hydrogen) atoms. The van der Waals surface area contributed by atoms with Crippen LogP contribution in [-0.2, 0) is 10.0 Å². The minimum Gasteiger partial charge on any atom is -0.326 e. The first-order chi connectivity index (χ1) is 9.34. The maximum atomic E-state index is 13.9. The molecule has 4 nitrogen and oxygen atoms in total. The van der Waals surface area contributed by atoms with Crippen LogP contribution >= 0.6 is 12.4 Å². The first kappa shape index (κ1) is 18.4. The molecule has 0 aliphatic carbocycles. The van der Waals surface area contributed by atoms with Gasteiger partial charge in [-0.05, 0) is 44.4 Å². The van der Waals surface area contributed by atoms with Gasteiger partial charge in [0.2, 0.25) is 10.0 Å². The number of benzene rings is 1. The molecule has 2 rings (SSSR count). The Labute approximate surface area is 132 Å². The maximum absolute atomic E-state index is 13.9. The summed E-state index contributed by atoms with van der Waals surface area (Å²) in [4.78, 5) is -0.245. The molecule has 0 radical (unpaired) electrons. The van der Waals surface area contributed by atoms with E-state index < -0.39 is 15.8 Å². The second-order valence-corrected chi connectivity index (χ2v) is 7.33. The van der Waals surface area contributed by atoms with Crippen molar-refractivity contribution in [3.8, 4) is 0 Å². The summed E-state index contributed by atoms with van der Waals surface area (Å²) in [5, 5.41) is 0. The third kappa shape index (κ3) is 3.74. The number of hydrogen-bond donors (Lipinski definition) is 1. The molecule has 0 spiro atoms. The Hall–Kier alpha value is -0.690. The van der Waals surface area contributed by atoms with Gasteiger partial charge in [0.05, 0.1) is 0 Å². The van der Waals surface area contributed by atoms with Crippen LogP contribution in [0.1, 0.15) is 31.7 Å². The van der Waals surface area contributed by atoms with Gasteiger partial charge in [0.25, 0.3) is 0 Å². The van der Waals surface area contributed by atoms with Gasteiger partial charge in [0.1, 0.15) is 10.7 Å². The van der Waals surface area contributed by atoms with Crippen molar-refractivity contribution in [3.05, 3.63) is 29.6 Å². The fourth-order valence-corrected chi connectivity index (χ4v) is 4.61. The van der Waals surface area contributed by atoms with Gasteiger partial charge in [-0.2, -0.15) is 4.31 Å². The number of piperidine rings is 1. The molecule has 0 saturated carbocycles. The summed E-state index contributed by atoms with van der Waals surface area (Å²) in [5.74, 6) is -0.704. The average Bonchev–Trinajstić information content (AvgIpc) is 2.41. The van der Waals surface area contributed by atoms with E-state index in [1.54, 1.807) is 19.9 Å². The SMILES string of the molecule is Cc1ccc(F)c(S(=O)(=O)N2CCCCC2C(C)N)c1.Cl. The van der Waals surface area contributed by atoms with Crippen LogP contribution in [0.5, 0.6) is 0 Å². The third-order valence-corrected chi connectivity index (χ3v) is 5.72. The molecule has 120 valence electrons. The molecule has 1 aromatic carbocycles. The van der Waals surface area contributed by atoms with Crippen molar-refractivity contribution in [1.82, 2.24) is 4.31 Å². The van der Waals surface area contributed by atoms with Crippen LogP contribution in [0.15, 0.2) is 23.1 Å². The summed E-state index contributed by atoms with van der Waals surface area (Å²) in [6, 6.07) is 3.63. The fourth-order valence-electron chi connectivity index (χ4n) is 2.69. The molecular formula is C14H22ClFN2O2S. The lowest BCUT2D eigenvalue weighted by molar-refractivity contribution is 0.226. The van der Waals surface area contributed by atoms with Crippen molar-refractivity contribution >= 4 is 22.4 Å². The molecule has 1 fully saturated rings. The number of aryl methyl sites for hydroxylation is 1. The standard InChI is InChI=1S/C14H21FN2O2S.ClH/c1-10-6-7-12(15)14(9-10)20(18,19)17-8-4-3-5-13(17)11(2)16;/h6-7,9,11,13H,3-5,8,16H2,1-2H3;1H. The summed E-state index contributed by atoms with van der Waals surface area (Å²) in [6.07, 6.45) is 2.47. The highest BCUT2D eigenvalue weighted by atomic mass is 35.5. The van der Waals surface area contributed by atoms with E-state index in [9.17, 15) is 12.8 Å². The van der Waals surface area contributed by atoms with E-state index in [-0.39, 0.29) is 29.4 Å². The van der Waals surface area contributed by atoms with Gasteiger partial charge in [0.15, 0.2) is 0 Å². The van der Waals surface area contributed by atoms with Crippen LogP contribution < -0.4 is 5.73 Å². The van der Waals surface area contributed by atoms with Crippen molar-refractivity contribution in [2.75, 3.05) is 6.54 Å². The number of sulfonamides is 1. The van der Waals surface area contributed by atoms with Crippen molar-refractivity contribution in [2.45, 2.75) is 50.1 Å². The molecule has 2 unspecified atom stereocenters. The number of hydrogen-bond acceptors (Lipinski definition) is 3. The minimum atomic E-state index is -3.83. The van der Waals surface area contributed by atoms with Gasteiger partial charge in [-0.15, -0.1) is 12.4 Å². The summed E-state index contributed by atoms with van der Waals surface area (Å²) in [5.41, 5.74) is 6.62. The Morgan fingerprint density at radius 3 is 2.67 bits per heavy atom. The molecule has 0 bridgehead atoms. The Kier molecular flexibility index (Phi) is 6.16. The Bertz CT molecular complexity index is 593.